The molecule has 0 fully saturated rings. The molecule has 1 aromatic carbocycles. The Balaban J connectivity index is 0.000000236. The van der Waals surface area contributed by atoms with Crippen molar-refractivity contribution in [1.29, 1.82) is 0 Å². The average molecular weight is 259 g/mol. The van der Waals surface area contributed by atoms with Crippen LogP contribution in [0.15, 0.2) is 30.3 Å². The van der Waals surface area contributed by atoms with E-state index in [1.165, 1.54) is 4.46 Å². The van der Waals surface area contributed by atoms with Crippen molar-refractivity contribution >= 4 is 35.9 Å². The van der Waals surface area contributed by atoms with Crippen LogP contribution in [0, 0.1) is 0 Å². The monoisotopic (exact) mass is 261 g/mol. The molecule has 0 saturated carbocycles. The van der Waals surface area contributed by atoms with E-state index in [4.69, 9.17) is 0 Å². The summed E-state index contributed by atoms with van der Waals surface area (Å²) in [6.45, 7) is 0. The minimum atomic E-state index is 0.500. The molecule has 1 aromatic rings. The van der Waals surface area contributed by atoms with E-state index in [-0.39, 0.29) is 0 Å². The van der Waals surface area contributed by atoms with Gasteiger partial charge in [-0.05, 0) is 0 Å². The van der Waals surface area contributed by atoms with Gasteiger partial charge in [-0.25, -0.2) is 0 Å². The van der Waals surface area contributed by atoms with E-state index in [1.807, 2.05) is 30.3 Å². The van der Waals surface area contributed by atoms with E-state index in [2.05, 4.69) is 27.5 Å². The van der Waals surface area contributed by atoms with Crippen LogP contribution >= 0.6 is 0 Å². The fourth-order valence-corrected chi connectivity index (χ4v) is 0.750. The van der Waals surface area contributed by atoms with E-state index in [1.54, 1.807) is 0 Å². The van der Waals surface area contributed by atoms with Gasteiger partial charge in [-0.2, -0.15) is 0 Å². The van der Waals surface area contributed by atoms with Gasteiger partial charge in [0, 0.05) is 0 Å². The predicted molar refractivity (Wildman–Crippen MR) is 49.3 cm³/mol. The van der Waals surface area contributed by atoms with Gasteiger partial charge >= 0.3 is 77.8 Å². The zero-order chi connectivity index (χ0) is 7.82. The first-order valence-electron chi connectivity index (χ1n) is 3.11. The van der Waals surface area contributed by atoms with Crippen LogP contribution in [-0.2, 0) is 0 Å². The van der Waals surface area contributed by atoms with E-state index in [0.717, 1.165) is 0 Å². The fraction of sp³-hybridized carbons (Fsp3) is 0.250. The standard InChI is InChI=1S/C6H5Se.C2H6Ge/c7-6-4-2-1-3-5-6;1-3-2/h1-5H;1-2H3. The normalized spacial score (nSPS) is 7.80. The van der Waals surface area contributed by atoms with Gasteiger partial charge in [0.15, 0.2) is 0 Å². The van der Waals surface area contributed by atoms with Crippen LogP contribution in [0.4, 0.5) is 0 Å². The molecular weight excluding hydrogens is 248 g/mol. The summed E-state index contributed by atoms with van der Waals surface area (Å²) < 4.78 is 1.20. The molecule has 0 nitrogen and oxygen atoms in total. The summed E-state index contributed by atoms with van der Waals surface area (Å²) in [4.78, 5) is 0. The second-order valence-electron chi connectivity index (χ2n) is 1.81. The van der Waals surface area contributed by atoms with E-state index in [9.17, 15) is 0 Å². The first kappa shape index (κ1) is 10.3. The molecule has 0 atom stereocenters. The molecule has 0 heterocycles. The zero-order valence-corrected chi connectivity index (χ0v) is 10.1. The molecule has 0 aromatic heterocycles. The van der Waals surface area contributed by atoms with E-state index < -0.39 is 0 Å². The third-order valence-electron chi connectivity index (χ3n) is 0.743. The van der Waals surface area contributed by atoms with Crippen molar-refractivity contribution in [3.8, 4) is 0 Å². The van der Waals surface area contributed by atoms with Crippen molar-refractivity contribution in [2.45, 2.75) is 11.5 Å². The third kappa shape index (κ3) is 6.40. The average Bonchev–Trinajstić information content (AvgIpc) is 1.91. The van der Waals surface area contributed by atoms with Gasteiger partial charge < -0.3 is 0 Å². The van der Waals surface area contributed by atoms with Crippen molar-refractivity contribution in [2.24, 2.45) is 0 Å². The van der Waals surface area contributed by atoms with Crippen LogP contribution in [0.1, 0.15) is 0 Å². The van der Waals surface area contributed by atoms with Gasteiger partial charge in [-0.3, -0.25) is 0 Å². The molecule has 0 aliphatic carbocycles. The Morgan fingerprint density at radius 2 is 1.50 bits per heavy atom. The molecule has 0 amide bonds. The Labute approximate surface area is 77.7 Å². The van der Waals surface area contributed by atoms with Gasteiger partial charge in [0.1, 0.15) is 0 Å². The Hall–Kier alpha value is 0.282. The molecule has 0 bridgehead atoms. The third-order valence-corrected chi connectivity index (χ3v) is 1.31. The number of rotatable bonds is 0. The van der Waals surface area contributed by atoms with Gasteiger partial charge in [0.05, 0.1) is 0 Å². The molecule has 0 spiro atoms. The van der Waals surface area contributed by atoms with Gasteiger partial charge in [0.2, 0.25) is 0 Å². The Morgan fingerprint density at radius 3 is 1.70 bits per heavy atom. The van der Waals surface area contributed by atoms with Crippen LogP contribution in [0.3, 0.4) is 0 Å². The van der Waals surface area contributed by atoms with Crippen molar-refractivity contribution < 1.29 is 0 Å². The maximum absolute atomic E-state index is 2.90. The second kappa shape index (κ2) is 7.39. The maximum atomic E-state index is 2.90. The van der Waals surface area contributed by atoms with Crippen molar-refractivity contribution in [3.63, 3.8) is 0 Å². The van der Waals surface area contributed by atoms with Crippen LogP contribution in [0.5, 0.6) is 0 Å². The van der Waals surface area contributed by atoms with Crippen LogP contribution in [0.25, 0.3) is 0 Å². The Bertz CT molecular complexity index is 151. The van der Waals surface area contributed by atoms with Gasteiger partial charge in [0.25, 0.3) is 0 Å². The molecule has 0 N–H and O–H groups in total. The quantitative estimate of drug-likeness (QED) is 0.615. The predicted octanol–water partition coefficient (Wildman–Crippen LogP) is 1.27. The van der Waals surface area contributed by atoms with Crippen molar-refractivity contribution in [2.75, 3.05) is 0 Å². The first-order chi connectivity index (χ1) is 4.81. The topological polar surface area (TPSA) is 0 Å². The van der Waals surface area contributed by atoms with Crippen molar-refractivity contribution in [1.82, 2.24) is 0 Å². The summed E-state index contributed by atoms with van der Waals surface area (Å²) >= 11 is 3.40. The summed E-state index contributed by atoms with van der Waals surface area (Å²) in [5.41, 5.74) is 0. The number of hydrogen-bond acceptors (Lipinski definition) is 0. The zero-order valence-electron chi connectivity index (χ0n) is 6.29. The molecule has 53 valence electrons. The molecule has 0 saturated heterocycles. The Morgan fingerprint density at radius 1 is 1.10 bits per heavy atom. The van der Waals surface area contributed by atoms with Crippen LogP contribution in [0.2, 0.25) is 11.5 Å². The number of benzene rings is 1. The number of hydrogen-bond donors (Lipinski definition) is 0. The molecule has 1 rings (SSSR count). The molecule has 0 aliphatic rings. The minimum absolute atomic E-state index is 0.500. The summed E-state index contributed by atoms with van der Waals surface area (Å²) in [5, 5.41) is 0. The molecule has 0 aliphatic heterocycles. The molecule has 3 radical (unpaired) electrons. The van der Waals surface area contributed by atoms with Crippen LogP contribution in [-0.4, -0.2) is 31.4 Å². The van der Waals surface area contributed by atoms with Gasteiger partial charge in [-0.15, -0.1) is 0 Å². The fourth-order valence-electron chi connectivity index (χ4n) is 0.420. The molecule has 2 heteroatoms. The molecular formula is C8H11GeSe. The summed E-state index contributed by atoms with van der Waals surface area (Å²) in [6.07, 6.45) is 0. The summed E-state index contributed by atoms with van der Waals surface area (Å²) in [7, 11) is 0. The van der Waals surface area contributed by atoms with E-state index in [0.29, 0.717) is 15.4 Å². The van der Waals surface area contributed by atoms with E-state index >= 15 is 0 Å². The second-order valence-corrected chi connectivity index (χ2v) is 4.90. The SMILES string of the molecule is [CH3][Ge][CH3].[Se]c1ccccc1. The summed E-state index contributed by atoms with van der Waals surface area (Å²) in [5.74, 6) is 4.50. The van der Waals surface area contributed by atoms with Crippen LogP contribution < -0.4 is 4.46 Å². The Kier molecular flexibility index (Phi) is 7.60. The summed E-state index contributed by atoms with van der Waals surface area (Å²) in [6, 6.07) is 10.1. The van der Waals surface area contributed by atoms with Gasteiger partial charge in [-0.1, -0.05) is 0 Å². The van der Waals surface area contributed by atoms with Crippen molar-refractivity contribution in [3.05, 3.63) is 30.3 Å². The molecule has 10 heavy (non-hydrogen) atoms. The first-order valence-corrected chi connectivity index (χ1v) is 8.17. The molecule has 0 unspecified atom stereocenters.